The number of Topliss-reactive ketones (excluding diaryl/α,β-unsaturated/α-hetero) is 1. The smallest absolute Gasteiger partial charge is 0.295 e. The van der Waals surface area contributed by atoms with E-state index in [0.717, 1.165) is 16.7 Å². The van der Waals surface area contributed by atoms with Crippen molar-refractivity contribution in [1.82, 2.24) is 9.88 Å². The van der Waals surface area contributed by atoms with Gasteiger partial charge in [0.2, 0.25) is 0 Å². The van der Waals surface area contributed by atoms with Crippen molar-refractivity contribution < 1.29 is 24.2 Å². The highest BCUT2D eigenvalue weighted by atomic mass is 16.5. The number of pyridine rings is 1. The number of aliphatic hydroxyl groups excluding tert-OH is 1. The Labute approximate surface area is 204 Å². The van der Waals surface area contributed by atoms with E-state index in [1.54, 1.807) is 36.7 Å². The molecule has 1 aliphatic heterocycles. The van der Waals surface area contributed by atoms with Crippen LogP contribution in [0.4, 0.5) is 0 Å². The number of rotatable bonds is 7. The fourth-order valence-corrected chi connectivity index (χ4v) is 4.28. The Morgan fingerprint density at radius 2 is 1.74 bits per heavy atom. The van der Waals surface area contributed by atoms with Crippen LogP contribution in [0, 0.1) is 0 Å². The minimum absolute atomic E-state index is 0.0309. The van der Waals surface area contributed by atoms with Gasteiger partial charge in [0.05, 0.1) is 25.8 Å². The summed E-state index contributed by atoms with van der Waals surface area (Å²) in [6, 6.07) is 15.5. The number of hydrogen-bond donors (Lipinski definition) is 1. The molecule has 0 spiro atoms. The molecule has 0 radical (unpaired) electrons. The van der Waals surface area contributed by atoms with Gasteiger partial charge in [-0.05, 0) is 46.9 Å². The van der Waals surface area contributed by atoms with E-state index in [2.05, 4.69) is 18.8 Å². The lowest BCUT2D eigenvalue weighted by atomic mass is 9.93. The molecule has 1 fully saturated rings. The van der Waals surface area contributed by atoms with Crippen molar-refractivity contribution in [2.75, 3.05) is 14.2 Å². The van der Waals surface area contributed by atoms with Gasteiger partial charge in [-0.25, -0.2) is 0 Å². The van der Waals surface area contributed by atoms with E-state index >= 15 is 0 Å². The lowest BCUT2D eigenvalue weighted by Gasteiger charge is -2.25. The Morgan fingerprint density at radius 1 is 1.03 bits per heavy atom. The average Bonchev–Trinajstić information content (AvgIpc) is 3.13. The maximum atomic E-state index is 13.3. The fourth-order valence-electron chi connectivity index (χ4n) is 4.28. The Balaban J connectivity index is 1.86. The number of aliphatic hydroxyl groups is 1. The first kappa shape index (κ1) is 24.0. The zero-order chi connectivity index (χ0) is 25.1. The van der Waals surface area contributed by atoms with Crippen molar-refractivity contribution in [2.24, 2.45) is 0 Å². The van der Waals surface area contributed by atoms with E-state index < -0.39 is 17.7 Å². The van der Waals surface area contributed by atoms with Crippen molar-refractivity contribution in [3.8, 4) is 11.5 Å². The number of ether oxygens (including phenoxy) is 2. The number of carbonyl (C=O) groups excluding carboxylic acids is 2. The molecule has 7 heteroatoms. The summed E-state index contributed by atoms with van der Waals surface area (Å²) in [5.74, 6) is -0.456. The van der Waals surface area contributed by atoms with Crippen LogP contribution in [0.25, 0.3) is 5.76 Å². The summed E-state index contributed by atoms with van der Waals surface area (Å²) in [5.41, 5.74) is 3.04. The molecule has 0 saturated carbocycles. The maximum absolute atomic E-state index is 13.3. The lowest BCUT2D eigenvalue weighted by Crippen LogP contribution is -2.29. The quantitative estimate of drug-likeness (QED) is 0.301. The third kappa shape index (κ3) is 4.62. The molecule has 1 saturated heterocycles. The molecular formula is C28H28N2O5. The second-order valence-electron chi connectivity index (χ2n) is 8.68. The molecule has 1 atom stereocenters. The highest BCUT2D eigenvalue weighted by Gasteiger charge is 2.46. The predicted octanol–water partition coefficient (Wildman–Crippen LogP) is 4.84. The average molecular weight is 473 g/mol. The maximum Gasteiger partial charge on any atom is 0.295 e. The van der Waals surface area contributed by atoms with Crippen LogP contribution in [0.15, 0.2) is 72.6 Å². The Kier molecular flexibility index (Phi) is 6.87. The van der Waals surface area contributed by atoms with Crippen molar-refractivity contribution in [3.63, 3.8) is 0 Å². The molecule has 7 nitrogen and oxygen atoms in total. The third-order valence-corrected chi connectivity index (χ3v) is 6.19. The third-order valence-electron chi connectivity index (χ3n) is 6.19. The highest BCUT2D eigenvalue weighted by Crippen LogP contribution is 2.41. The van der Waals surface area contributed by atoms with Gasteiger partial charge in [0.15, 0.2) is 11.5 Å². The van der Waals surface area contributed by atoms with Crippen LogP contribution in [0.1, 0.15) is 48.1 Å². The highest BCUT2D eigenvalue weighted by molar-refractivity contribution is 6.46. The summed E-state index contributed by atoms with van der Waals surface area (Å²) in [7, 11) is 3.01. The van der Waals surface area contributed by atoms with Crippen LogP contribution < -0.4 is 9.47 Å². The van der Waals surface area contributed by atoms with Gasteiger partial charge in [0, 0.05) is 24.5 Å². The first-order chi connectivity index (χ1) is 16.8. The van der Waals surface area contributed by atoms with Crippen LogP contribution in [-0.2, 0) is 16.1 Å². The van der Waals surface area contributed by atoms with Crippen LogP contribution in [0.3, 0.4) is 0 Å². The summed E-state index contributed by atoms with van der Waals surface area (Å²) in [5, 5.41) is 11.3. The molecule has 3 aromatic rings. The van der Waals surface area contributed by atoms with Gasteiger partial charge >= 0.3 is 0 Å². The van der Waals surface area contributed by atoms with Crippen molar-refractivity contribution in [3.05, 3.63) is 94.8 Å². The summed E-state index contributed by atoms with van der Waals surface area (Å²) in [6.07, 6.45) is 3.31. The van der Waals surface area contributed by atoms with Crippen LogP contribution >= 0.6 is 0 Å². The summed E-state index contributed by atoms with van der Waals surface area (Å²) in [6.45, 7) is 4.37. The Morgan fingerprint density at radius 3 is 2.34 bits per heavy atom. The molecule has 1 aliphatic rings. The normalized spacial score (nSPS) is 17.2. The number of likely N-dealkylation sites (tertiary alicyclic amines) is 1. The van der Waals surface area contributed by atoms with Crippen molar-refractivity contribution in [1.29, 1.82) is 0 Å². The molecule has 1 amide bonds. The molecule has 4 rings (SSSR count). The van der Waals surface area contributed by atoms with Crippen LogP contribution in [-0.4, -0.2) is 40.9 Å². The molecule has 35 heavy (non-hydrogen) atoms. The fraction of sp³-hybridized carbons (Fsp3) is 0.250. The predicted molar refractivity (Wildman–Crippen MR) is 132 cm³/mol. The van der Waals surface area contributed by atoms with Gasteiger partial charge in [-0.1, -0.05) is 44.2 Å². The van der Waals surface area contributed by atoms with Gasteiger partial charge in [-0.2, -0.15) is 0 Å². The van der Waals surface area contributed by atoms with Gasteiger partial charge in [-0.15, -0.1) is 0 Å². The molecule has 0 bridgehead atoms. The molecule has 180 valence electrons. The minimum Gasteiger partial charge on any atom is -0.507 e. The number of methoxy groups -OCH3 is 2. The largest absolute Gasteiger partial charge is 0.507 e. The number of carbonyl (C=O) groups is 2. The molecule has 2 heterocycles. The molecular weight excluding hydrogens is 444 g/mol. The zero-order valence-electron chi connectivity index (χ0n) is 20.2. The first-order valence-electron chi connectivity index (χ1n) is 11.3. The van der Waals surface area contributed by atoms with E-state index in [1.165, 1.54) is 19.1 Å². The zero-order valence-corrected chi connectivity index (χ0v) is 20.2. The molecule has 0 aliphatic carbocycles. The van der Waals surface area contributed by atoms with Crippen molar-refractivity contribution in [2.45, 2.75) is 32.4 Å². The van der Waals surface area contributed by atoms with E-state index in [-0.39, 0.29) is 17.9 Å². The Bertz CT molecular complexity index is 1270. The van der Waals surface area contributed by atoms with Gasteiger partial charge < -0.3 is 19.5 Å². The number of benzene rings is 2. The van der Waals surface area contributed by atoms with Crippen molar-refractivity contribution >= 4 is 17.4 Å². The molecule has 0 unspecified atom stereocenters. The Hall–Kier alpha value is -4.13. The summed E-state index contributed by atoms with van der Waals surface area (Å²) in [4.78, 5) is 32.1. The summed E-state index contributed by atoms with van der Waals surface area (Å²) < 4.78 is 10.6. The van der Waals surface area contributed by atoms with E-state index in [0.29, 0.717) is 23.0 Å². The summed E-state index contributed by atoms with van der Waals surface area (Å²) >= 11 is 0. The number of nitrogens with zero attached hydrogens (tertiary/aromatic N) is 2. The standard InChI is InChI=1S/C28H28N2O5/c1-17(2)19-7-9-20(10-8-19)25-24(26(31)21-11-12-22(34-3)23(14-21)35-4)27(32)28(33)30(25)16-18-6-5-13-29-15-18/h5-15,17,25,31H,16H2,1-4H3/b26-24+/t25-/m0/s1. The number of hydrogen-bond acceptors (Lipinski definition) is 6. The number of aromatic nitrogens is 1. The number of ketones is 1. The minimum atomic E-state index is -0.760. The van der Waals surface area contributed by atoms with Crippen LogP contribution in [0.5, 0.6) is 11.5 Å². The van der Waals surface area contributed by atoms with E-state index in [1.807, 2.05) is 30.3 Å². The van der Waals surface area contributed by atoms with Gasteiger partial charge in [-0.3, -0.25) is 14.6 Å². The second kappa shape index (κ2) is 10.0. The van der Waals surface area contributed by atoms with Gasteiger partial charge in [0.25, 0.3) is 11.7 Å². The topological polar surface area (TPSA) is 89.0 Å². The van der Waals surface area contributed by atoms with E-state index in [9.17, 15) is 14.7 Å². The molecule has 1 aromatic heterocycles. The number of amides is 1. The SMILES string of the molecule is COc1ccc(/C(O)=C2\C(=O)C(=O)N(Cc3cccnc3)[C@H]2c2ccc(C(C)C)cc2)cc1OC. The van der Waals surface area contributed by atoms with Crippen LogP contribution in [0.2, 0.25) is 0 Å². The molecule has 1 N–H and O–H groups in total. The first-order valence-corrected chi connectivity index (χ1v) is 11.3. The monoisotopic (exact) mass is 472 g/mol. The lowest BCUT2D eigenvalue weighted by molar-refractivity contribution is -0.140. The molecule has 2 aromatic carbocycles. The van der Waals surface area contributed by atoms with E-state index in [4.69, 9.17) is 9.47 Å². The van der Waals surface area contributed by atoms with Gasteiger partial charge in [0.1, 0.15) is 5.76 Å². The second-order valence-corrected chi connectivity index (χ2v) is 8.68.